The zero-order valence-electron chi connectivity index (χ0n) is 14.9. The second kappa shape index (κ2) is 7.38. The zero-order valence-corrected chi connectivity index (χ0v) is 14.9. The summed E-state index contributed by atoms with van der Waals surface area (Å²) in [5.41, 5.74) is 2.39. The Morgan fingerprint density at radius 1 is 1.16 bits per heavy atom. The summed E-state index contributed by atoms with van der Waals surface area (Å²) in [4.78, 5) is 17.5. The molecule has 0 saturated heterocycles. The minimum absolute atomic E-state index is 0.0102. The summed E-state index contributed by atoms with van der Waals surface area (Å²) < 4.78 is 7.45. The van der Waals surface area contributed by atoms with Crippen LogP contribution in [-0.2, 0) is 7.05 Å². The second-order valence-electron chi connectivity index (χ2n) is 5.92. The number of hydrogen-bond donors (Lipinski definition) is 1. The highest BCUT2D eigenvalue weighted by atomic mass is 16.5. The smallest absolute Gasteiger partial charge is 0.200 e. The number of hydrogen-bond acceptors (Lipinski definition) is 4. The molecule has 0 fully saturated rings. The number of benzene rings is 1. The van der Waals surface area contributed by atoms with Gasteiger partial charge in [-0.25, -0.2) is 4.98 Å². The molecule has 0 aliphatic rings. The number of aryl methyl sites for hydroxylation is 1. The van der Waals surface area contributed by atoms with Gasteiger partial charge in [0.1, 0.15) is 11.6 Å². The monoisotopic (exact) mass is 337 g/mol. The Kier molecular flexibility index (Phi) is 5.03. The lowest BCUT2D eigenvalue weighted by Crippen LogP contribution is -2.14. The van der Waals surface area contributed by atoms with Crippen molar-refractivity contribution in [1.82, 2.24) is 9.55 Å². The van der Waals surface area contributed by atoms with E-state index in [9.17, 15) is 4.79 Å². The molecule has 1 N–H and O–H groups in total. The van der Waals surface area contributed by atoms with Crippen LogP contribution in [0.3, 0.4) is 0 Å². The fourth-order valence-corrected chi connectivity index (χ4v) is 2.91. The molecule has 0 saturated carbocycles. The molecule has 3 rings (SSSR count). The highest BCUT2D eigenvalue weighted by Crippen LogP contribution is 2.24. The van der Waals surface area contributed by atoms with E-state index in [1.807, 2.05) is 55.1 Å². The Morgan fingerprint density at radius 2 is 1.92 bits per heavy atom. The lowest BCUT2D eigenvalue weighted by atomic mass is 10.0. The molecular formula is C20H23N3O2. The first-order valence-electron chi connectivity index (χ1n) is 8.61. The molecule has 3 aromatic rings. The van der Waals surface area contributed by atoms with Gasteiger partial charge in [-0.05, 0) is 37.1 Å². The second-order valence-corrected chi connectivity index (χ2v) is 5.92. The Morgan fingerprint density at radius 3 is 2.60 bits per heavy atom. The van der Waals surface area contributed by atoms with Crippen molar-refractivity contribution in [3.63, 3.8) is 0 Å². The van der Waals surface area contributed by atoms with E-state index in [1.165, 1.54) is 0 Å². The van der Waals surface area contributed by atoms with Crippen molar-refractivity contribution < 1.29 is 4.74 Å². The SMILES string of the molecule is CCCNc1nccc2c1c(=O)c(-c1ccc(OCC)cc1)cn2C. The summed E-state index contributed by atoms with van der Waals surface area (Å²) in [6.45, 7) is 5.43. The number of pyridine rings is 2. The van der Waals surface area contributed by atoms with E-state index in [1.54, 1.807) is 6.20 Å². The maximum atomic E-state index is 13.2. The lowest BCUT2D eigenvalue weighted by molar-refractivity contribution is 0.340. The number of nitrogens with zero attached hydrogens (tertiary/aromatic N) is 2. The number of aromatic nitrogens is 2. The fraction of sp³-hybridized carbons (Fsp3) is 0.300. The van der Waals surface area contributed by atoms with E-state index in [0.717, 1.165) is 29.8 Å². The van der Waals surface area contributed by atoms with Crippen molar-refractivity contribution in [2.45, 2.75) is 20.3 Å². The molecule has 2 aromatic heterocycles. The van der Waals surface area contributed by atoms with Crippen molar-refractivity contribution in [2.24, 2.45) is 7.05 Å². The maximum absolute atomic E-state index is 13.2. The molecule has 1 aromatic carbocycles. The van der Waals surface area contributed by atoms with E-state index < -0.39 is 0 Å². The molecule has 0 bridgehead atoms. The summed E-state index contributed by atoms with van der Waals surface area (Å²) in [7, 11) is 1.95. The summed E-state index contributed by atoms with van der Waals surface area (Å²) in [6.07, 6.45) is 4.58. The van der Waals surface area contributed by atoms with Crippen molar-refractivity contribution in [3.8, 4) is 16.9 Å². The van der Waals surface area contributed by atoms with Crippen molar-refractivity contribution in [1.29, 1.82) is 0 Å². The third kappa shape index (κ3) is 3.36. The van der Waals surface area contributed by atoms with Crippen LogP contribution in [0.1, 0.15) is 20.3 Å². The lowest BCUT2D eigenvalue weighted by Gasteiger charge is -2.13. The Bertz CT molecular complexity index is 930. The van der Waals surface area contributed by atoms with Gasteiger partial charge >= 0.3 is 0 Å². The Balaban J connectivity index is 2.16. The van der Waals surface area contributed by atoms with Crippen LogP contribution in [0.15, 0.2) is 47.5 Å². The molecule has 0 unspecified atom stereocenters. The Hall–Kier alpha value is -2.82. The third-order valence-electron chi connectivity index (χ3n) is 4.12. The van der Waals surface area contributed by atoms with Crippen LogP contribution < -0.4 is 15.5 Å². The van der Waals surface area contributed by atoms with Crippen LogP contribution in [0.4, 0.5) is 5.82 Å². The molecule has 2 heterocycles. The van der Waals surface area contributed by atoms with Crippen molar-refractivity contribution >= 4 is 16.7 Å². The minimum Gasteiger partial charge on any atom is -0.494 e. The first-order valence-corrected chi connectivity index (χ1v) is 8.61. The summed E-state index contributed by atoms with van der Waals surface area (Å²) in [5, 5.41) is 3.89. The van der Waals surface area contributed by atoms with Crippen molar-refractivity contribution in [3.05, 3.63) is 52.9 Å². The molecule has 0 aliphatic heterocycles. The van der Waals surface area contributed by atoms with E-state index >= 15 is 0 Å². The van der Waals surface area contributed by atoms with Gasteiger partial charge in [-0.2, -0.15) is 0 Å². The van der Waals surface area contributed by atoms with Gasteiger partial charge in [0.2, 0.25) is 5.43 Å². The molecule has 0 radical (unpaired) electrons. The number of nitrogens with one attached hydrogen (secondary N) is 1. The molecule has 0 atom stereocenters. The van der Waals surface area contributed by atoms with Gasteiger partial charge in [-0.1, -0.05) is 19.1 Å². The van der Waals surface area contributed by atoms with Crippen LogP contribution in [0.5, 0.6) is 5.75 Å². The average molecular weight is 337 g/mol. The molecule has 0 amide bonds. The number of fused-ring (bicyclic) bond motifs is 1. The number of rotatable bonds is 6. The average Bonchev–Trinajstić information content (AvgIpc) is 2.63. The molecule has 5 heteroatoms. The largest absolute Gasteiger partial charge is 0.494 e. The number of anilines is 1. The van der Waals surface area contributed by atoms with Crippen LogP contribution in [0, 0.1) is 0 Å². The van der Waals surface area contributed by atoms with Gasteiger partial charge in [-0.15, -0.1) is 0 Å². The topological polar surface area (TPSA) is 56.1 Å². The van der Waals surface area contributed by atoms with E-state index in [0.29, 0.717) is 23.4 Å². The first-order chi connectivity index (χ1) is 12.2. The van der Waals surface area contributed by atoms with Gasteiger partial charge in [0.25, 0.3) is 0 Å². The van der Waals surface area contributed by atoms with Gasteiger partial charge in [-0.3, -0.25) is 4.79 Å². The van der Waals surface area contributed by atoms with Gasteiger partial charge < -0.3 is 14.6 Å². The standard InChI is InChI=1S/C20H23N3O2/c1-4-11-21-20-18-17(10-12-22-20)23(3)13-16(19(18)24)14-6-8-15(9-7-14)25-5-2/h6-10,12-13H,4-5,11H2,1-3H3,(H,21,22). The van der Waals surface area contributed by atoms with Crippen molar-refractivity contribution in [2.75, 3.05) is 18.5 Å². The normalized spacial score (nSPS) is 10.8. The quantitative estimate of drug-likeness (QED) is 0.743. The zero-order chi connectivity index (χ0) is 17.8. The molecule has 5 nitrogen and oxygen atoms in total. The van der Waals surface area contributed by atoms with Gasteiger partial charge in [0.05, 0.1) is 17.5 Å². The summed E-state index contributed by atoms with van der Waals surface area (Å²) in [5.74, 6) is 1.45. The molecule has 0 aliphatic carbocycles. The summed E-state index contributed by atoms with van der Waals surface area (Å²) >= 11 is 0. The van der Waals surface area contributed by atoms with Gasteiger partial charge in [0.15, 0.2) is 0 Å². The first kappa shape index (κ1) is 17.0. The van der Waals surface area contributed by atoms with Crippen LogP contribution in [0.25, 0.3) is 22.0 Å². The van der Waals surface area contributed by atoms with E-state index in [2.05, 4.69) is 17.2 Å². The highest BCUT2D eigenvalue weighted by Gasteiger charge is 2.13. The molecule has 0 spiro atoms. The highest BCUT2D eigenvalue weighted by molar-refractivity contribution is 5.92. The maximum Gasteiger partial charge on any atom is 0.200 e. The summed E-state index contributed by atoms with van der Waals surface area (Å²) in [6, 6.07) is 9.49. The molecule has 25 heavy (non-hydrogen) atoms. The Labute approximate surface area is 147 Å². The third-order valence-corrected chi connectivity index (χ3v) is 4.12. The van der Waals surface area contributed by atoms with Crippen LogP contribution in [-0.4, -0.2) is 22.7 Å². The fourth-order valence-electron chi connectivity index (χ4n) is 2.91. The predicted molar refractivity (Wildman–Crippen MR) is 102 cm³/mol. The molecule has 130 valence electrons. The number of ether oxygens (including phenoxy) is 1. The van der Waals surface area contributed by atoms with Gasteiger partial charge in [0, 0.05) is 31.5 Å². The van der Waals surface area contributed by atoms with E-state index in [4.69, 9.17) is 4.74 Å². The van der Waals surface area contributed by atoms with E-state index in [-0.39, 0.29) is 5.43 Å². The predicted octanol–water partition coefficient (Wildman–Crippen LogP) is 3.82. The van der Waals surface area contributed by atoms with Crippen LogP contribution in [0.2, 0.25) is 0 Å². The van der Waals surface area contributed by atoms with Crippen LogP contribution >= 0.6 is 0 Å². The minimum atomic E-state index is -0.0102. The molecular weight excluding hydrogens is 314 g/mol.